The first-order valence-corrected chi connectivity index (χ1v) is 4.45. The van der Waals surface area contributed by atoms with Crippen molar-refractivity contribution in [1.29, 1.82) is 0 Å². The van der Waals surface area contributed by atoms with Crippen molar-refractivity contribution >= 4 is 10.9 Å². The number of aromatic nitrogens is 1. The molecule has 0 fully saturated rings. The molecule has 0 atom stereocenters. The van der Waals surface area contributed by atoms with Gasteiger partial charge in [-0.25, -0.2) is 0 Å². The number of rotatable bonds is 0. The zero-order chi connectivity index (χ0) is 7.97. The molecule has 1 aliphatic rings. The van der Waals surface area contributed by atoms with E-state index in [9.17, 15) is 0 Å². The third-order valence-corrected chi connectivity index (χ3v) is 2.73. The fourth-order valence-corrected chi connectivity index (χ4v) is 2.14. The Morgan fingerprint density at radius 2 is 2.25 bits per heavy atom. The maximum absolute atomic E-state index is 3.26. The summed E-state index contributed by atoms with van der Waals surface area (Å²) in [5.41, 5.74) is 4.36. The van der Waals surface area contributed by atoms with Crippen LogP contribution in [0.1, 0.15) is 17.5 Å². The van der Waals surface area contributed by atoms with Crippen molar-refractivity contribution in [2.45, 2.75) is 19.3 Å². The highest BCUT2D eigenvalue weighted by molar-refractivity contribution is 5.83. The zero-order valence-electron chi connectivity index (χ0n) is 6.85. The molecule has 2 aromatic rings. The summed E-state index contributed by atoms with van der Waals surface area (Å²) in [6, 6.07) is 7.60. The van der Waals surface area contributed by atoms with Crippen LogP contribution in [0.25, 0.3) is 10.9 Å². The Morgan fingerprint density at radius 1 is 1.25 bits per heavy atom. The molecule has 0 spiro atoms. The predicted octanol–water partition coefficient (Wildman–Crippen LogP) is 2.46. The van der Waals surface area contributed by atoms with Gasteiger partial charge in [-0.1, -0.05) is 12.1 Å². The third kappa shape index (κ3) is 0.685. The van der Waals surface area contributed by atoms with Crippen molar-refractivity contribution in [3.05, 3.63) is 35.5 Å². The fourth-order valence-electron chi connectivity index (χ4n) is 2.14. The highest BCUT2D eigenvalue weighted by atomic mass is 14.7. The van der Waals surface area contributed by atoms with E-state index in [1.54, 1.807) is 0 Å². The normalized spacial score (nSPS) is 15.3. The van der Waals surface area contributed by atoms with Crippen molar-refractivity contribution in [2.24, 2.45) is 0 Å². The van der Waals surface area contributed by atoms with Gasteiger partial charge >= 0.3 is 0 Å². The molecule has 0 unspecified atom stereocenters. The molecule has 1 radical (unpaired) electrons. The standard InChI is InChI=1S/C11H10N/c1-2-8-4-5-9-6-7-12-11(9)10(8)3-1/h4-5,7,12H,1-3H2. The molecule has 1 heteroatoms. The van der Waals surface area contributed by atoms with Crippen LogP contribution in [-0.4, -0.2) is 4.98 Å². The molecule has 1 aliphatic carbocycles. The van der Waals surface area contributed by atoms with E-state index in [1.165, 1.54) is 41.3 Å². The second-order valence-corrected chi connectivity index (χ2v) is 3.41. The number of H-pyrrole nitrogens is 1. The van der Waals surface area contributed by atoms with Crippen LogP contribution in [0.5, 0.6) is 0 Å². The number of aromatic amines is 1. The summed E-state index contributed by atoms with van der Waals surface area (Å²) < 4.78 is 0. The summed E-state index contributed by atoms with van der Waals surface area (Å²) in [7, 11) is 0. The van der Waals surface area contributed by atoms with Crippen LogP contribution in [0.4, 0.5) is 0 Å². The first kappa shape index (κ1) is 6.30. The quantitative estimate of drug-likeness (QED) is 0.603. The van der Waals surface area contributed by atoms with E-state index >= 15 is 0 Å². The SMILES string of the molecule is [c]1c[nH]c2c3c(ccc12)CCC3. The summed E-state index contributed by atoms with van der Waals surface area (Å²) in [6.07, 6.45) is 5.71. The second-order valence-electron chi connectivity index (χ2n) is 3.41. The maximum Gasteiger partial charge on any atom is 0.0495 e. The number of hydrogen-bond acceptors (Lipinski definition) is 0. The van der Waals surface area contributed by atoms with Gasteiger partial charge in [0.15, 0.2) is 0 Å². The van der Waals surface area contributed by atoms with E-state index in [4.69, 9.17) is 0 Å². The summed E-state index contributed by atoms with van der Waals surface area (Å²) >= 11 is 0. The zero-order valence-corrected chi connectivity index (χ0v) is 6.85. The van der Waals surface area contributed by atoms with Crippen molar-refractivity contribution in [1.82, 2.24) is 4.98 Å². The van der Waals surface area contributed by atoms with Gasteiger partial charge in [-0.2, -0.15) is 0 Å². The molecular weight excluding hydrogens is 146 g/mol. The Morgan fingerprint density at radius 3 is 3.25 bits per heavy atom. The van der Waals surface area contributed by atoms with Crippen LogP contribution in [0.3, 0.4) is 0 Å². The van der Waals surface area contributed by atoms with E-state index in [-0.39, 0.29) is 0 Å². The lowest BCUT2D eigenvalue weighted by Gasteiger charge is -1.99. The van der Waals surface area contributed by atoms with E-state index in [0.29, 0.717) is 0 Å². The first-order chi connectivity index (χ1) is 5.95. The molecule has 59 valence electrons. The van der Waals surface area contributed by atoms with E-state index in [0.717, 1.165) is 0 Å². The molecule has 1 heterocycles. The van der Waals surface area contributed by atoms with Gasteiger partial charge in [0.1, 0.15) is 0 Å². The summed E-state index contributed by atoms with van der Waals surface area (Å²) in [5.74, 6) is 0. The Hall–Kier alpha value is -1.24. The molecule has 1 nitrogen and oxygen atoms in total. The monoisotopic (exact) mass is 156 g/mol. The number of benzene rings is 1. The minimum atomic E-state index is 1.23. The minimum absolute atomic E-state index is 1.23. The van der Waals surface area contributed by atoms with E-state index < -0.39 is 0 Å². The molecule has 0 aliphatic heterocycles. The predicted molar refractivity (Wildman–Crippen MR) is 49.2 cm³/mol. The Bertz CT molecular complexity index is 425. The smallest absolute Gasteiger partial charge is 0.0495 e. The summed E-state index contributed by atoms with van der Waals surface area (Å²) in [6.45, 7) is 0. The van der Waals surface area contributed by atoms with Gasteiger partial charge in [0, 0.05) is 23.2 Å². The van der Waals surface area contributed by atoms with Gasteiger partial charge in [0.2, 0.25) is 0 Å². The Kier molecular flexibility index (Phi) is 1.12. The number of fused-ring (bicyclic) bond motifs is 3. The van der Waals surface area contributed by atoms with E-state index in [2.05, 4.69) is 23.2 Å². The van der Waals surface area contributed by atoms with Gasteiger partial charge in [-0.15, -0.1) is 0 Å². The van der Waals surface area contributed by atoms with Crippen molar-refractivity contribution in [3.63, 3.8) is 0 Å². The largest absolute Gasteiger partial charge is 0.360 e. The van der Waals surface area contributed by atoms with Gasteiger partial charge in [0.05, 0.1) is 0 Å². The van der Waals surface area contributed by atoms with Crippen molar-refractivity contribution < 1.29 is 0 Å². The van der Waals surface area contributed by atoms with E-state index in [1.807, 2.05) is 6.20 Å². The molecule has 3 rings (SSSR count). The number of aryl methyl sites for hydroxylation is 2. The van der Waals surface area contributed by atoms with Gasteiger partial charge < -0.3 is 4.98 Å². The average molecular weight is 156 g/mol. The highest BCUT2D eigenvalue weighted by Gasteiger charge is 2.13. The molecule has 12 heavy (non-hydrogen) atoms. The highest BCUT2D eigenvalue weighted by Crippen LogP contribution is 2.28. The third-order valence-electron chi connectivity index (χ3n) is 2.73. The van der Waals surface area contributed by atoms with Crippen LogP contribution in [0, 0.1) is 6.07 Å². The fraction of sp³-hybridized carbons (Fsp3) is 0.273. The van der Waals surface area contributed by atoms with Crippen LogP contribution < -0.4 is 0 Å². The van der Waals surface area contributed by atoms with Crippen LogP contribution >= 0.6 is 0 Å². The topological polar surface area (TPSA) is 15.8 Å². The molecule has 0 bridgehead atoms. The Balaban J connectivity index is 2.46. The van der Waals surface area contributed by atoms with Crippen LogP contribution in [0.2, 0.25) is 0 Å². The summed E-state index contributed by atoms with van der Waals surface area (Å²) in [5, 5.41) is 1.23. The first-order valence-electron chi connectivity index (χ1n) is 4.45. The van der Waals surface area contributed by atoms with Crippen molar-refractivity contribution in [2.75, 3.05) is 0 Å². The molecule has 0 saturated carbocycles. The van der Waals surface area contributed by atoms with Gasteiger partial charge in [-0.3, -0.25) is 0 Å². The maximum atomic E-state index is 3.26. The molecule has 1 N–H and O–H groups in total. The molecule has 1 aromatic carbocycles. The minimum Gasteiger partial charge on any atom is -0.360 e. The molecular formula is C11H10N. The lowest BCUT2D eigenvalue weighted by Crippen LogP contribution is -1.82. The van der Waals surface area contributed by atoms with Gasteiger partial charge in [0.25, 0.3) is 0 Å². The molecule has 0 amide bonds. The molecule has 1 aromatic heterocycles. The molecule has 0 saturated heterocycles. The van der Waals surface area contributed by atoms with Crippen molar-refractivity contribution in [3.8, 4) is 0 Å². The van der Waals surface area contributed by atoms with Gasteiger partial charge in [-0.05, 0) is 30.4 Å². The summed E-state index contributed by atoms with van der Waals surface area (Å²) in [4.78, 5) is 3.26. The number of hydrogen-bond donors (Lipinski definition) is 1. The lowest BCUT2D eigenvalue weighted by atomic mass is 10.1. The second kappa shape index (κ2) is 2.13. The van der Waals surface area contributed by atoms with Crippen LogP contribution in [-0.2, 0) is 12.8 Å². The Labute approximate surface area is 71.4 Å². The number of nitrogens with one attached hydrogen (secondary N) is 1. The van der Waals surface area contributed by atoms with Crippen LogP contribution in [0.15, 0.2) is 18.3 Å². The lowest BCUT2D eigenvalue weighted by molar-refractivity contribution is 0.913. The average Bonchev–Trinajstić information content (AvgIpc) is 2.71.